The Morgan fingerprint density at radius 2 is 1.82 bits per heavy atom. The number of anilines is 1. The number of carbonyl (C=O) groups excluding carboxylic acids is 2. The molecule has 2 aliphatic heterocycles. The Bertz CT molecular complexity index is 998. The third-order valence-corrected chi connectivity index (χ3v) is 8.45. The van der Waals surface area contributed by atoms with E-state index in [1.165, 1.54) is 11.2 Å². The molecule has 184 valence electrons. The van der Waals surface area contributed by atoms with Crippen LogP contribution in [0.1, 0.15) is 46.1 Å². The molecule has 2 aliphatic rings. The van der Waals surface area contributed by atoms with Crippen molar-refractivity contribution < 1.29 is 18.0 Å². The van der Waals surface area contributed by atoms with Crippen molar-refractivity contribution in [3.05, 3.63) is 23.8 Å². The predicted octanol–water partition coefficient (Wildman–Crippen LogP) is 2.09. The van der Waals surface area contributed by atoms with Crippen molar-refractivity contribution in [2.75, 3.05) is 45.2 Å². The summed E-state index contributed by atoms with van der Waals surface area (Å²) < 4.78 is 28.0. The lowest BCUT2D eigenvalue weighted by Crippen LogP contribution is -2.46. The van der Waals surface area contributed by atoms with Gasteiger partial charge in [-0.15, -0.1) is 0 Å². The molecule has 0 aliphatic carbocycles. The zero-order chi connectivity index (χ0) is 24.6. The van der Waals surface area contributed by atoms with Crippen LogP contribution in [0.15, 0.2) is 23.1 Å². The second-order valence-corrected chi connectivity index (χ2v) is 12.5. The van der Waals surface area contributed by atoms with Gasteiger partial charge in [-0.2, -0.15) is 4.31 Å². The molecule has 1 unspecified atom stereocenters. The van der Waals surface area contributed by atoms with Gasteiger partial charge in [0.25, 0.3) is 0 Å². The van der Waals surface area contributed by atoms with Crippen LogP contribution in [0.3, 0.4) is 0 Å². The standard InChI is InChI=1S/C24H38N4O4S/c1-17-13-20-14-21(7-8-22(20)28(17)18(2)29)33(31,32)27-11-9-19(10-12-27)23(30)25-15-24(3,4)16-26(5)6/h7-8,14,17,19H,9-13,15-16H2,1-6H3,(H,25,30). The number of benzene rings is 1. The van der Waals surface area contributed by atoms with Gasteiger partial charge in [-0.1, -0.05) is 13.8 Å². The molecule has 0 bridgehead atoms. The molecule has 0 radical (unpaired) electrons. The fraction of sp³-hybridized carbons (Fsp3) is 0.667. The number of nitrogens with one attached hydrogen (secondary N) is 1. The molecule has 33 heavy (non-hydrogen) atoms. The van der Waals surface area contributed by atoms with Crippen molar-refractivity contribution >= 4 is 27.5 Å². The van der Waals surface area contributed by atoms with Crippen LogP contribution < -0.4 is 10.2 Å². The monoisotopic (exact) mass is 478 g/mol. The van der Waals surface area contributed by atoms with Gasteiger partial charge in [-0.25, -0.2) is 8.42 Å². The lowest BCUT2D eigenvalue weighted by molar-refractivity contribution is -0.126. The number of nitrogens with zero attached hydrogens (tertiary/aromatic N) is 3. The summed E-state index contributed by atoms with van der Waals surface area (Å²) in [5.74, 6) is -0.200. The van der Waals surface area contributed by atoms with Crippen LogP contribution in [0.25, 0.3) is 0 Å². The van der Waals surface area contributed by atoms with Gasteiger partial charge >= 0.3 is 0 Å². The van der Waals surface area contributed by atoms with Gasteiger partial charge in [-0.3, -0.25) is 9.59 Å². The second-order valence-electron chi connectivity index (χ2n) is 10.5. The van der Waals surface area contributed by atoms with Crippen LogP contribution in [0.5, 0.6) is 0 Å². The quantitative estimate of drug-likeness (QED) is 0.648. The van der Waals surface area contributed by atoms with E-state index in [2.05, 4.69) is 24.1 Å². The molecule has 1 aromatic rings. The summed E-state index contributed by atoms with van der Waals surface area (Å²) in [7, 11) is 0.385. The first kappa shape index (κ1) is 25.6. The average Bonchev–Trinajstić information content (AvgIpc) is 3.06. The topological polar surface area (TPSA) is 90.0 Å². The molecule has 8 nitrogen and oxygen atoms in total. The van der Waals surface area contributed by atoms with E-state index in [4.69, 9.17) is 0 Å². The minimum Gasteiger partial charge on any atom is -0.355 e. The van der Waals surface area contributed by atoms with Gasteiger partial charge in [0.15, 0.2) is 0 Å². The van der Waals surface area contributed by atoms with E-state index < -0.39 is 10.0 Å². The first-order valence-corrected chi connectivity index (χ1v) is 13.1. The molecule has 1 N–H and O–H groups in total. The summed E-state index contributed by atoms with van der Waals surface area (Å²) in [5.41, 5.74) is 1.64. The molecule has 2 amide bonds. The molecule has 3 rings (SSSR count). The van der Waals surface area contributed by atoms with E-state index in [9.17, 15) is 18.0 Å². The Labute approximate surface area is 198 Å². The molecule has 1 atom stereocenters. The summed E-state index contributed by atoms with van der Waals surface area (Å²) in [4.78, 5) is 28.7. The van der Waals surface area contributed by atoms with Gasteiger partial charge in [0.1, 0.15) is 0 Å². The summed E-state index contributed by atoms with van der Waals surface area (Å²) in [6.07, 6.45) is 1.67. The number of carbonyl (C=O) groups is 2. The SMILES string of the molecule is CC(=O)N1c2ccc(S(=O)(=O)N3CCC(C(=O)NCC(C)(C)CN(C)C)CC3)cc2CC1C. The van der Waals surface area contributed by atoms with Gasteiger partial charge in [0.05, 0.1) is 4.90 Å². The van der Waals surface area contributed by atoms with Gasteiger partial charge in [0, 0.05) is 50.7 Å². The number of sulfonamides is 1. The van der Waals surface area contributed by atoms with E-state index in [-0.39, 0.29) is 34.1 Å². The highest BCUT2D eigenvalue weighted by molar-refractivity contribution is 7.89. The maximum Gasteiger partial charge on any atom is 0.243 e. The number of hydrogen-bond acceptors (Lipinski definition) is 5. The molecule has 0 spiro atoms. The first-order chi connectivity index (χ1) is 15.3. The lowest BCUT2D eigenvalue weighted by Gasteiger charge is -2.32. The van der Waals surface area contributed by atoms with Crippen LogP contribution in [0.2, 0.25) is 0 Å². The fourth-order valence-corrected chi connectivity index (χ4v) is 6.66. The molecule has 2 heterocycles. The minimum absolute atomic E-state index is 0.00900. The summed E-state index contributed by atoms with van der Waals surface area (Å²) >= 11 is 0. The molecule has 0 saturated carbocycles. The molecule has 1 aromatic carbocycles. The summed E-state index contributed by atoms with van der Waals surface area (Å²) in [6.45, 7) is 9.85. The predicted molar refractivity (Wildman–Crippen MR) is 130 cm³/mol. The van der Waals surface area contributed by atoms with Crippen LogP contribution in [-0.2, 0) is 26.0 Å². The molecule has 1 saturated heterocycles. The molecular weight excluding hydrogens is 440 g/mol. The highest BCUT2D eigenvalue weighted by atomic mass is 32.2. The first-order valence-electron chi connectivity index (χ1n) is 11.7. The van der Waals surface area contributed by atoms with Crippen LogP contribution in [-0.4, -0.2) is 75.8 Å². The second kappa shape index (κ2) is 9.72. The van der Waals surface area contributed by atoms with Crippen molar-refractivity contribution in [3.8, 4) is 0 Å². The van der Waals surface area contributed by atoms with E-state index in [1.54, 1.807) is 23.1 Å². The van der Waals surface area contributed by atoms with Crippen molar-refractivity contribution in [2.24, 2.45) is 11.3 Å². The van der Waals surface area contributed by atoms with Crippen LogP contribution in [0.4, 0.5) is 5.69 Å². The third-order valence-electron chi connectivity index (χ3n) is 6.55. The zero-order valence-corrected chi connectivity index (χ0v) is 21.5. The Morgan fingerprint density at radius 1 is 1.18 bits per heavy atom. The maximum absolute atomic E-state index is 13.3. The third kappa shape index (κ3) is 5.75. The van der Waals surface area contributed by atoms with Crippen molar-refractivity contribution in [3.63, 3.8) is 0 Å². The van der Waals surface area contributed by atoms with Crippen LogP contribution in [0, 0.1) is 11.3 Å². The van der Waals surface area contributed by atoms with E-state index in [0.29, 0.717) is 38.9 Å². The van der Waals surface area contributed by atoms with E-state index >= 15 is 0 Å². The van der Waals surface area contributed by atoms with Gasteiger partial charge < -0.3 is 15.1 Å². The number of amides is 2. The fourth-order valence-electron chi connectivity index (χ4n) is 5.14. The molecule has 9 heteroatoms. The number of hydrogen-bond donors (Lipinski definition) is 1. The van der Waals surface area contributed by atoms with Gasteiger partial charge in [-0.05, 0) is 69.5 Å². The van der Waals surface area contributed by atoms with Crippen LogP contribution >= 0.6 is 0 Å². The van der Waals surface area contributed by atoms with Gasteiger partial charge in [0.2, 0.25) is 21.8 Å². The average molecular weight is 479 g/mol. The number of fused-ring (bicyclic) bond motifs is 1. The Hall–Kier alpha value is -1.97. The molecule has 1 fully saturated rings. The largest absolute Gasteiger partial charge is 0.355 e. The zero-order valence-electron chi connectivity index (χ0n) is 20.7. The number of piperidine rings is 1. The van der Waals surface area contributed by atoms with Crippen molar-refractivity contribution in [1.29, 1.82) is 0 Å². The smallest absolute Gasteiger partial charge is 0.243 e. The Morgan fingerprint density at radius 3 is 2.39 bits per heavy atom. The summed E-state index contributed by atoms with van der Waals surface area (Å²) in [6, 6.07) is 5.05. The lowest BCUT2D eigenvalue weighted by atomic mass is 9.91. The van der Waals surface area contributed by atoms with E-state index in [0.717, 1.165) is 17.8 Å². The van der Waals surface area contributed by atoms with Crippen molar-refractivity contribution in [2.45, 2.75) is 57.9 Å². The Balaban J connectivity index is 1.61. The normalized spacial score (nSPS) is 20.2. The number of rotatable bonds is 7. The van der Waals surface area contributed by atoms with E-state index in [1.807, 2.05) is 21.0 Å². The highest BCUT2D eigenvalue weighted by Crippen LogP contribution is 2.35. The maximum atomic E-state index is 13.3. The molecule has 0 aromatic heterocycles. The highest BCUT2D eigenvalue weighted by Gasteiger charge is 2.35. The Kier molecular flexibility index (Phi) is 7.55. The van der Waals surface area contributed by atoms with Crippen molar-refractivity contribution in [1.82, 2.24) is 14.5 Å². The summed E-state index contributed by atoms with van der Waals surface area (Å²) in [5, 5.41) is 3.06. The molecular formula is C24H38N4O4S. The minimum atomic E-state index is -3.64.